The predicted octanol–water partition coefficient (Wildman–Crippen LogP) is 4.38. The first-order valence-corrected chi connectivity index (χ1v) is 8.30. The van der Waals surface area contributed by atoms with Crippen molar-refractivity contribution in [3.05, 3.63) is 64.7 Å². The molecule has 0 radical (unpaired) electrons. The van der Waals surface area contributed by atoms with Crippen molar-refractivity contribution in [2.45, 2.75) is 25.9 Å². The summed E-state index contributed by atoms with van der Waals surface area (Å²) in [5.41, 5.74) is 1.88. The normalized spacial score (nSPS) is 15.4. The smallest absolute Gasteiger partial charge is 0.338 e. The van der Waals surface area contributed by atoms with Gasteiger partial charge in [0.15, 0.2) is 0 Å². The molecule has 3 rings (SSSR count). The van der Waals surface area contributed by atoms with Crippen LogP contribution in [0.2, 0.25) is 5.02 Å². The number of rotatable bonds is 4. The number of hydrogen-bond acceptors (Lipinski definition) is 3. The first-order chi connectivity index (χ1) is 11.6. The average molecular weight is 344 g/mol. The van der Waals surface area contributed by atoms with Gasteiger partial charge in [-0.05, 0) is 37.1 Å². The van der Waals surface area contributed by atoms with Crippen molar-refractivity contribution in [3.63, 3.8) is 0 Å². The number of hydrogen-bond donors (Lipinski definition) is 0. The summed E-state index contributed by atoms with van der Waals surface area (Å²) in [5.74, 6) is -0.406. The van der Waals surface area contributed by atoms with Crippen LogP contribution in [0.5, 0.6) is 0 Å². The van der Waals surface area contributed by atoms with Crippen LogP contribution in [-0.2, 0) is 9.53 Å². The first-order valence-electron chi connectivity index (χ1n) is 7.92. The van der Waals surface area contributed by atoms with Gasteiger partial charge in [-0.15, -0.1) is 0 Å². The Balaban J connectivity index is 1.79. The van der Waals surface area contributed by atoms with E-state index in [1.54, 1.807) is 23.1 Å². The second-order valence-electron chi connectivity index (χ2n) is 5.77. The van der Waals surface area contributed by atoms with E-state index in [2.05, 4.69) is 0 Å². The molecule has 0 N–H and O–H groups in total. The van der Waals surface area contributed by atoms with Crippen LogP contribution in [0, 0.1) is 0 Å². The molecule has 0 aliphatic carbocycles. The molecule has 1 amide bonds. The maximum atomic E-state index is 12.4. The van der Waals surface area contributed by atoms with Crippen LogP contribution in [-0.4, -0.2) is 18.4 Å². The van der Waals surface area contributed by atoms with Gasteiger partial charge in [0, 0.05) is 13.0 Å². The van der Waals surface area contributed by atoms with Crippen LogP contribution in [0.4, 0.5) is 5.69 Å². The van der Waals surface area contributed by atoms with Crippen molar-refractivity contribution in [3.8, 4) is 0 Å². The summed E-state index contributed by atoms with van der Waals surface area (Å²) in [4.78, 5) is 26.0. The van der Waals surface area contributed by atoms with E-state index < -0.39 is 5.97 Å². The monoisotopic (exact) mass is 343 g/mol. The Kier molecular flexibility index (Phi) is 4.86. The van der Waals surface area contributed by atoms with E-state index >= 15 is 0 Å². The molecule has 24 heavy (non-hydrogen) atoms. The van der Waals surface area contributed by atoms with E-state index in [0.717, 1.165) is 12.0 Å². The summed E-state index contributed by atoms with van der Waals surface area (Å²) >= 11 is 6.20. The zero-order valence-corrected chi connectivity index (χ0v) is 14.1. The standard InChI is InChI=1S/C19H18ClNO3/c1-13(14-6-3-2-4-7-14)24-19(23)15-9-10-16(20)17(12-15)21-11-5-8-18(21)22/h2-4,6-7,9-10,12-13H,5,8,11H2,1H3/t13-/m1/s1. The molecule has 2 aromatic carbocycles. The molecule has 0 spiro atoms. The van der Waals surface area contributed by atoms with Crippen molar-refractivity contribution >= 4 is 29.2 Å². The number of amides is 1. The maximum absolute atomic E-state index is 12.4. The Hall–Kier alpha value is -2.33. The Bertz CT molecular complexity index is 760. The summed E-state index contributed by atoms with van der Waals surface area (Å²) < 4.78 is 5.52. The number of anilines is 1. The summed E-state index contributed by atoms with van der Waals surface area (Å²) in [5, 5.41) is 0.456. The van der Waals surface area contributed by atoms with Crippen LogP contribution in [0.15, 0.2) is 48.5 Å². The number of halogens is 1. The van der Waals surface area contributed by atoms with Gasteiger partial charge in [-0.1, -0.05) is 41.9 Å². The first kappa shape index (κ1) is 16.5. The van der Waals surface area contributed by atoms with E-state index in [1.807, 2.05) is 37.3 Å². The van der Waals surface area contributed by atoms with Crippen molar-refractivity contribution in [2.75, 3.05) is 11.4 Å². The summed E-state index contributed by atoms with van der Waals surface area (Å²) in [6.07, 6.45) is 0.955. The number of carbonyl (C=O) groups excluding carboxylic acids is 2. The molecule has 1 saturated heterocycles. The molecule has 1 aliphatic heterocycles. The fraction of sp³-hybridized carbons (Fsp3) is 0.263. The predicted molar refractivity (Wildman–Crippen MR) is 93.3 cm³/mol. The Morgan fingerprint density at radius 2 is 1.96 bits per heavy atom. The van der Waals surface area contributed by atoms with Crippen LogP contribution in [0.3, 0.4) is 0 Å². The van der Waals surface area contributed by atoms with E-state index in [-0.39, 0.29) is 12.0 Å². The lowest BCUT2D eigenvalue weighted by Crippen LogP contribution is -2.24. The van der Waals surface area contributed by atoms with Crippen LogP contribution >= 0.6 is 11.6 Å². The second-order valence-corrected chi connectivity index (χ2v) is 6.18. The third-order valence-corrected chi connectivity index (χ3v) is 4.42. The fourth-order valence-electron chi connectivity index (χ4n) is 2.77. The highest BCUT2D eigenvalue weighted by molar-refractivity contribution is 6.34. The highest BCUT2D eigenvalue weighted by Gasteiger charge is 2.25. The number of nitrogens with zero attached hydrogens (tertiary/aromatic N) is 1. The number of carbonyl (C=O) groups is 2. The number of benzene rings is 2. The lowest BCUT2D eigenvalue weighted by Gasteiger charge is -2.19. The van der Waals surface area contributed by atoms with Gasteiger partial charge in [-0.3, -0.25) is 4.79 Å². The molecule has 1 fully saturated rings. The van der Waals surface area contributed by atoms with E-state index in [0.29, 0.717) is 29.2 Å². The van der Waals surface area contributed by atoms with Gasteiger partial charge in [0.1, 0.15) is 6.10 Å². The van der Waals surface area contributed by atoms with Gasteiger partial charge in [-0.25, -0.2) is 4.79 Å². The van der Waals surface area contributed by atoms with Crippen LogP contribution in [0.25, 0.3) is 0 Å². The fourth-order valence-corrected chi connectivity index (χ4v) is 2.99. The third kappa shape index (κ3) is 3.44. The van der Waals surface area contributed by atoms with Crippen LogP contribution in [0.1, 0.15) is 41.8 Å². The minimum atomic E-state index is -0.434. The minimum Gasteiger partial charge on any atom is -0.454 e. The van der Waals surface area contributed by atoms with Gasteiger partial charge < -0.3 is 9.64 Å². The summed E-state index contributed by atoms with van der Waals surface area (Å²) in [6, 6.07) is 14.4. The van der Waals surface area contributed by atoms with Crippen molar-refractivity contribution < 1.29 is 14.3 Å². The van der Waals surface area contributed by atoms with Gasteiger partial charge in [0.05, 0.1) is 16.3 Å². The quantitative estimate of drug-likeness (QED) is 0.774. The summed E-state index contributed by atoms with van der Waals surface area (Å²) in [6.45, 7) is 2.45. The second kappa shape index (κ2) is 7.05. The highest BCUT2D eigenvalue weighted by Crippen LogP contribution is 2.31. The SMILES string of the molecule is C[C@@H](OC(=O)c1ccc(Cl)c(N2CCCC2=O)c1)c1ccccc1. The van der Waals surface area contributed by atoms with Gasteiger partial charge in [0.2, 0.25) is 5.91 Å². The van der Waals surface area contributed by atoms with Crippen molar-refractivity contribution in [1.82, 2.24) is 0 Å². The van der Waals surface area contributed by atoms with E-state index in [4.69, 9.17) is 16.3 Å². The molecular weight excluding hydrogens is 326 g/mol. The lowest BCUT2D eigenvalue weighted by atomic mass is 10.1. The molecule has 0 bridgehead atoms. The zero-order valence-electron chi connectivity index (χ0n) is 13.4. The van der Waals surface area contributed by atoms with E-state index in [9.17, 15) is 9.59 Å². The molecule has 124 valence electrons. The van der Waals surface area contributed by atoms with Gasteiger partial charge >= 0.3 is 5.97 Å². The third-order valence-electron chi connectivity index (χ3n) is 4.10. The van der Waals surface area contributed by atoms with Crippen LogP contribution < -0.4 is 4.90 Å². The average Bonchev–Trinajstić information content (AvgIpc) is 3.02. The molecule has 1 atom stereocenters. The van der Waals surface area contributed by atoms with Crippen molar-refractivity contribution in [1.29, 1.82) is 0 Å². The van der Waals surface area contributed by atoms with Gasteiger partial charge in [0.25, 0.3) is 0 Å². The molecule has 1 aliphatic rings. The molecule has 5 heteroatoms. The molecule has 0 unspecified atom stereocenters. The molecular formula is C19H18ClNO3. The topological polar surface area (TPSA) is 46.6 Å². The van der Waals surface area contributed by atoms with Gasteiger partial charge in [-0.2, -0.15) is 0 Å². The largest absolute Gasteiger partial charge is 0.454 e. The number of ether oxygens (including phenoxy) is 1. The van der Waals surface area contributed by atoms with E-state index in [1.165, 1.54) is 0 Å². The Morgan fingerprint density at radius 3 is 2.62 bits per heavy atom. The molecule has 0 saturated carbocycles. The molecule has 0 aromatic heterocycles. The molecule has 4 nitrogen and oxygen atoms in total. The number of esters is 1. The maximum Gasteiger partial charge on any atom is 0.338 e. The molecule has 2 aromatic rings. The lowest BCUT2D eigenvalue weighted by molar-refractivity contribution is -0.117. The molecule has 1 heterocycles. The van der Waals surface area contributed by atoms with Crippen molar-refractivity contribution in [2.24, 2.45) is 0 Å². The Labute approximate surface area is 146 Å². The zero-order chi connectivity index (χ0) is 17.1. The Morgan fingerprint density at radius 1 is 1.21 bits per heavy atom. The minimum absolute atomic E-state index is 0.0278. The summed E-state index contributed by atoms with van der Waals surface area (Å²) in [7, 11) is 0. The highest BCUT2D eigenvalue weighted by atomic mass is 35.5.